The van der Waals surface area contributed by atoms with Crippen molar-refractivity contribution in [3.05, 3.63) is 16.2 Å². The van der Waals surface area contributed by atoms with E-state index in [-0.39, 0.29) is 6.04 Å². The summed E-state index contributed by atoms with van der Waals surface area (Å²) in [6, 6.07) is -0.0298. The van der Waals surface area contributed by atoms with Gasteiger partial charge in [-0.3, -0.25) is 0 Å². The average molecular weight is 237 g/mol. The molecule has 0 spiro atoms. The second kappa shape index (κ2) is 4.31. The third-order valence-corrected chi connectivity index (χ3v) is 3.44. The molecule has 0 amide bonds. The zero-order chi connectivity index (χ0) is 11.7. The minimum atomic E-state index is -0.0298. The molecule has 0 radical (unpaired) electrons. The number of aromatic nitrogens is 4. The van der Waals surface area contributed by atoms with Gasteiger partial charge in [0.05, 0.1) is 6.04 Å². The van der Waals surface area contributed by atoms with Gasteiger partial charge < -0.3 is 10.3 Å². The van der Waals surface area contributed by atoms with Crippen molar-refractivity contribution >= 4 is 11.3 Å². The Morgan fingerprint density at radius 1 is 1.50 bits per heavy atom. The van der Waals surface area contributed by atoms with Crippen LogP contribution in [-0.4, -0.2) is 19.7 Å². The molecule has 6 heteroatoms. The lowest BCUT2D eigenvalue weighted by atomic mass is 10.4. The van der Waals surface area contributed by atoms with Crippen molar-refractivity contribution < 1.29 is 0 Å². The second-order valence-electron chi connectivity index (χ2n) is 3.67. The molecule has 86 valence electrons. The maximum atomic E-state index is 5.79. The van der Waals surface area contributed by atoms with Crippen LogP contribution in [0.2, 0.25) is 0 Å². The van der Waals surface area contributed by atoms with E-state index in [1.165, 1.54) is 0 Å². The largest absolute Gasteiger partial charge is 0.322 e. The van der Waals surface area contributed by atoms with Crippen LogP contribution in [0.3, 0.4) is 0 Å². The van der Waals surface area contributed by atoms with Crippen LogP contribution in [0.1, 0.15) is 30.7 Å². The molecule has 2 aromatic heterocycles. The Balaban J connectivity index is 2.42. The molecule has 0 bridgehead atoms. The van der Waals surface area contributed by atoms with E-state index < -0.39 is 0 Å². The summed E-state index contributed by atoms with van der Waals surface area (Å²) < 4.78 is 2.04. The van der Waals surface area contributed by atoms with Gasteiger partial charge in [0.25, 0.3) is 0 Å². The Hall–Kier alpha value is -1.27. The average Bonchev–Trinajstić information content (AvgIpc) is 2.83. The zero-order valence-electron chi connectivity index (χ0n) is 9.64. The smallest absolute Gasteiger partial charge is 0.183 e. The van der Waals surface area contributed by atoms with Crippen LogP contribution >= 0.6 is 11.3 Å². The van der Waals surface area contributed by atoms with Crippen molar-refractivity contribution in [2.75, 3.05) is 0 Å². The molecule has 0 aliphatic rings. The lowest BCUT2D eigenvalue weighted by Gasteiger charge is -2.02. The summed E-state index contributed by atoms with van der Waals surface area (Å²) in [5.74, 6) is 1.73. The molecule has 1 unspecified atom stereocenters. The topological polar surface area (TPSA) is 69.6 Å². The van der Waals surface area contributed by atoms with E-state index in [1.807, 2.05) is 23.8 Å². The highest BCUT2D eigenvalue weighted by atomic mass is 32.1. The highest BCUT2D eigenvalue weighted by Crippen LogP contribution is 2.23. The molecule has 0 aliphatic carbocycles. The summed E-state index contributed by atoms with van der Waals surface area (Å²) >= 11 is 1.56. The number of hydrogen-bond acceptors (Lipinski definition) is 5. The standard InChI is InChI=1S/C10H15N5S/c1-4-15-7(3)13-14-9(15)8-5-16-10(12-8)6(2)11/h5-6H,4,11H2,1-3H3. The Morgan fingerprint density at radius 2 is 2.25 bits per heavy atom. The molecule has 0 saturated carbocycles. The van der Waals surface area contributed by atoms with Crippen molar-refractivity contribution in [2.24, 2.45) is 5.73 Å². The lowest BCUT2D eigenvalue weighted by molar-refractivity contribution is 0.734. The van der Waals surface area contributed by atoms with Gasteiger partial charge >= 0.3 is 0 Å². The molecule has 1 atom stereocenters. The molecular weight excluding hydrogens is 222 g/mol. The molecule has 2 aromatic rings. The van der Waals surface area contributed by atoms with Gasteiger partial charge in [-0.2, -0.15) is 0 Å². The zero-order valence-corrected chi connectivity index (χ0v) is 10.5. The van der Waals surface area contributed by atoms with Crippen LogP contribution in [0.15, 0.2) is 5.38 Å². The molecule has 2 heterocycles. The fourth-order valence-electron chi connectivity index (χ4n) is 1.55. The van der Waals surface area contributed by atoms with E-state index in [2.05, 4.69) is 22.1 Å². The number of thiazole rings is 1. The Labute approximate surface area is 98.3 Å². The first-order valence-corrected chi connectivity index (χ1v) is 6.12. The number of hydrogen-bond donors (Lipinski definition) is 1. The minimum absolute atomic E-state index is 0.0298. The molecule has 5 nitrogen and oxygen atoms in total. The Bertz CT molecular complexity index is 485. The van der Waals surface area contributed by atoms with Crippen LogP contribution in [0.4, 0.5) is 0 Å². The summed E-state index contributed by atoms with van der Waals surface area (Å²) in [6.45, 7) is 6.79. The number of rotatable bonds is 3. The van der Waals surface area contributed by atoms with Crippen molar-refractivity contribution in [3.8, 4) is 11.5 Å². The first-order valence-electron chi connectivity index (χ1n) is 5.24. The monoisotopic (exact) mass is 237 g/mol. The summed E-state index contributed by atoms with van der Waals surface area (Å²) in [5.41, 5.74) is 6.65. The van der Waals surface area contributed by atoms with E-state index >= 15 is 0 Å². The number of aryl methyl sites for hydroxylation is 1. The van der Waals surface area contributed by atoms with E-state index in [9.17, 15) is 0 Å². The number of nitrogens with two attached hydrogens (primary N) is 1. The SMILES string of the molecule is CCn1c(C)nnc1-c1csc(C(C)N)n1. The predicted octanol–water partition coefficient (Wildman–Crippen LogP) is 1.75. The van der Waals surface area contributed by atoms with Crippen LogP contribution in [-0.2, 0) is 6.54 Å². The number of nitrogens with zero attached hydrogens (tertiary/aromatic N) is 4. The molecule has 0 aliphatic heterocycles. The highest BCUT2D eigenvalue weighted by Gasteiger charge is 2.14. The minimum Gasteiger partial charge on any atom is -0.322 e. The van der Waals surface area contributed by atoms with Gasteiger partial charge in [0.2, 0.25) is 0 Å². The van der Waals surface area contributed by atoms with Gasteiger partial charge in [-0.15, -0.1) is 21.5 Å². The molecular formula is C10H15N5S. The van der Waals surface area contributed by atoms with E-state index in [0.29, 0.717) is 0 Å². The van der Waals surface area contributed by atoms with Crippen LogP contribution in [0, 0.1) is 6.92 Å². The molecule has 0 fully saturated rings. The fraction of sp³-hybridized carbons (Fsp3) is 0.500. The van der Waals surface area contributed by atoms with Crippen molar-refractivity contribution in [1.82, 2.24) is 19.7 Å². The van der Waals surface area contributed by atoms with E-state index in [0.717, 1.165) is 28.9 Å². The normalized spacial score (nSPS) is 13.0. The van der Waals surface area contributed by atoms with Gasteiger partial charge in [-0.1, -0.05) is 0 Å². The summed E-state index contributed by atoms with van der Waals surface area (Å²) in [6.07, 6.45) is 0. The first kappa shape index (κ1) is 11.2. The van der Waals surface area contributed by atoms with Crippen LogP contribution in [0.25, 0.3) is 11.5 Å². The molecule has 16 heavy (non-hydrogen) atoms. The summed E-state index contributed by atoms with van der Waals surface area (Å²) in [5, 5.41) is 11.1. The lowest BCUT2D eigenvalue weighted by Crippen LogP contribution is -2.04. The third kappa shape index (κ3) is 1.85. The van der Waals surface area contributed by atoms with E-state index in [1.54, 1.807) is 11.3 Å². The maximum absolute atomic E-state index is 5.79. The van der Waals surface area contributed by atoms with Gasteiger partial charge in [0.1, 0.15) is 16.5 Å². The fourth-order valence-corrected chi connectivity index (χ4v) is 2.30. The second-order valence-corrected chi connectivity index (χ2v) is 4.56. The van der Waals surface area contributed by atoms with Crippen molar-refractivity contribution in [1.29, 1.82) is 0 Å². The summed E-state index contributed by atoms with van der Waals surface area (Å²) in [7, 11) is 0. The highest BCUT2D eigenvalue weighted by molar-refractivity contribution is 7.10. The molecule has 0 saturated heterocycles. The first-order chi connectivity index (χ1) is 7.63. The van der Waals surface area contributed by atoms with Gasteiger partial charge in [0.15, 0.2) is 5.82 Å². The van der Waals surface area contributed by atoms with Crippen molar-refractivity contribution in [3.63, 3.8) is 0 Å². The molecule has 2 rings (SSSR count). The molecule has 0 aromatic carbocycles. The third-order valence-electron chi connectivity index (χ3n) is 2.39. The van der Waals surface area contributed by atoms with Gasteiger partial charge in [-0.25, -0.2) is 4.98 Å². The summed E-state index contributed by atoms with van der Waals surface area (Å²) in [4.78, 5) is 4.47. The Kier molecular flexibility index (Phi) is 3.02. The quantitative estimate of drug-likeness (QED) is 0.883. The van der Waals surface area contributed by atoms with E-state index in [4.69, 9.17) is 5.73 Å². The van der Waals surface area contributed by atoms with Crippen LogP contribution < -0.4 is 5.73 Å². The molecule has 2 N–H and O–H groups in total. The predicted molar refractivity (Wildman–Crippen MR) is 64.1 cm³/mol. The van der Waals surface area contributed by atoms with Gasteiger partial charge in [-0.05, 0) is 20.8 Å². The van der Waals surface area contributed by atoms with Gasteiger partial charge in [0, 0.05) is 11.9 Å². The Morgan fingerprint density at radius 3 is 2.81 bits per heavy atom. The van der Waals surface area contributed by atoms with Crippen LogP contribution in [0.5, 0.6) is 0 Å². The maximum Gasteiger partial charge on any atom is 0.183 e. The van der Waals surface area contributed by atoms with Crippen molar-refractivity contribution in [2.45, 2.75) is 33.4 Å².